The number of amides is 1. The lowest BCUT2D eigenvalue weighted by Gasteiger charge is -2.09. The summed E-state index contributed by atoms with van der Waals surface area (Å²) in [4.78, 5) is 31.9. The van der Waals surface area contributed by atoms with Crippen molar-refractivity contribution in [2.75, 3.05) is 7.11 Å². The molecule has 0 saturated heterocycles. The third-order valence-electron chi connectivity index (χ3n) is 3.39. The van der Waals surface area contributed by atoms with Gasteiger partial charge in [-0.25, -0.2) is 4.79 Å². The summed E-state index contributed by atoms with van der Waals surface area (Å²) in [5.41, 5.74) is 3.51. The number of nitrogens with zero attached hydrogens (tertiary/aromatic N) is 2. The van der Waals surface area contributed by atoms with Crippen LogP contribution in [0.3, 0.4) is 0 Å². The van der Waals surface area contributed by atoms with E-state index in [-0.39, 0.29) is 23.1 Å². The second-order valence-electron chi connectivity index (χ2n) is 5.18. The number of para-hydroxylation sites is 1. The molecule has 0 radical (unpaired) electrons. The molecule has 0 aliphatic rings. The van der Waals surface area contributed by atoms with Crippen LogP contribution in [0.2, 0.25) is 5.02 Å². The van der Waals surface area contributed by atoms with Crippen molar-refractivity contribution >= 4 is 29.1 Å². The number of hydrogen-bond donors (Lipinski definition) is 1. The Morgan fingerprint density at radius 2 is 2.04 bits per heavy atom. The number of rotatable bonds is 7. The zero-order valence-corrected chi connectivity index (χ0v) is 15.2. The van der Waals surface area contributed by atoms with Crippen LogP contribution >= 0.6 is 11.6 Å². The van der Waals surface area contributed by atoms with Gasteiger partial charge in [0.1, 0.15) is 6.61 Å². The first kappa shape index (κ1) is 20.0. The van der Waals surface area contributed by atoms with Crippen LogP contribution in [0.15, 0.2) is 47.6 Å². The molecule has 0 bridgehead atoms. The largest absolute Gasteiger partial charge is 0.451 e. The van der Waals surface area contributed by atoms with Crippen LogP contribution < -0.4 is 10.3 Å². The Balaban J connectivity index is 2.07. The normalized spacial score (nSPS) is 10.9. The van der Waals surface area contributed by atoms with Gasteiger partial charge < -0.3 is 14.4 Å². The maximum absolute atomic E-state index is 11.1. The quantitative estimate of drug-likeness (QED) is 0.434. The van der Waals surface area contributed by atoms with E-state index in [0.29, 0.717) is 16.8 Å². The predicted octanol–water partition coefficient (Wildman–Crippen LogP) is 3.84. The number of hydrogen-bond acceptors (Lipinski definition) is 7. The van der Waals surface area contributed by atoms with Gasteiger partial charge in [0.25, 0.3) is 5.69 Å². The van der Waals surface area contributed by atoms with Gasteiger partial charge in [0.05, 0.1) is 28.3 Å². The van der Waals surface area contributed by atoms with Crippen LogP contribution in [0.4, 0.5) is 10.5 Å². The van der Waals surface area contributed by atoms with Gasteiger partial charge in [0.2, 0.25) is 0 Å². The molecular formula is C17H16ClN3O6. The molecule has 2 rings (SSSR count). The van der Waals surface area contributed by atoms with Gasteiger partial charge in [-0.05, 0) is 25.1 Å². The lowest BCUT2D eigenvalue weighted by molar-refractivity contribution is -0.386. The maximum atomic E-state index is 11.1. The Labute approximate surface area is 159 Å². The number of carbonyl (C=O) groups is 1. The van der Waals surface area contributed by atoms with Crippen LogP contribution in [-0.2, 0) is 16.2 Å². The van der Waals surface area contributed by atoms with Gasteiger partial charge in [-0.1, -0.05) is 35.0 Å². The number of hydroxylamine groups is 1. The Morgan fingerprint density at radius 3 is 2.74 bits per heavy atom. The monoisotopic (exact) mass is 393 g/mol. The molecule has 0 aliphatic heterocycles. The molecule has 142 valence electrons. The molecule has 2 aromatic carbocycles. The number of halogens is 1. The average Bonchev–Trinajstić information content (AvgIpc) is 2.67. The minimum atomic E-state index is -0.783. The van der Waals surface area contributed by atoms with Gasteiger partial charge in [-0.3, -0.25) is 10.1 Å². The van der Waals surface area contributed by atoms with Gasteiger partial charge >= 0.3 is 6.09 Å². The summed E-state index contributed by atoms with van der Waals surface area (Å²) < 4.78 is 4.40. The summed E-state index contributed by atoms with van der Waals surface area (Å²) in [5, 5.41) is 15.2. The van der Waals surface area contributed by atoms with Crippen molar-refractivity contribution in [2.45, 2.75) is 13.5 Å². The molecule has 0 heterocycles. The topological polar surface area (TPSA) is 112 Å². The average molecular weight is 394 g/mol. The van der Waals surface area contributed by atoms with Crippen LogP contribution in [0.25, 0.3) is 0 Å². The minimum absolute atomic E-state index is 0.0404. The van der Waals surface area contributed by atoms with Crippen molar-refractivity contribution in [1.29, 1.82) is 0 Å². The van der Waals surface area contributed by atoms with Crippen LogP contribution in [0.1, 0.15) is 18.1 Å². The Kier molecular flexibility index (Phi) is 6.95. The van der Waals surface area contributed by atoms with Crippen LogP contribution in [0.5, 0.6) is 5.75 Å². The second-order valence-corrected chi connectivity index (χ2v) is 5.58. The summed E-state index contributed by atoms with van der Waals surface area (Å²) in [5.74, 6) is 0.188. The smallest absolute Gasteiger partial charge is 0.440 e. The predicted molar refractivity (Wildman–Crippen MR) is 97.7 cm³/mol. The molecule has 0 spiro atoms. The Hall–Kier alpha value is -3.33. The molecule has 0 aromatic heterocycles. The molecule has 2 aromatic rings. The van der Waals surface area contributed by atoms with Gasteiger partial charge in [0.15, 0.2) is 5.75 Å². The van der Waals surface area contributed by atoms with E-state index in [1.807, 2.05) is 0 Å². The van der Waals surface area contributed by atoms with Crippen LogP contribution in [-0.4, -0.2) is 23.8 Å². The highest BCUT2D eigenvalue weighted by Gasteiger charge is 2.13. The third-order valence-corrected chi connectivity index (χ3v) is 3.70. The summed E-state index contributed by atoms with van der Waals surface area (Å²) in [6.07, 6.45) is -0.783. The lowest BCUT2D eigenvalue weighted by atomic mass is 10.1. The van der Waals surface area contributed by atoms with E-state index in [1.165, 1.54) is 13.2 Å². The fourth-order valence-electron chi connectivity index (χ4n) is 2.01. The molecule has 0 unspecified atom stereocenters. The number of benzene rings is 2. The number of oxime groups is 1. The van der Waals surface area contributed by atoms with Gasteiger partial charge in [-0.15, -0.1) is 0 Å². The fourth-order valence-corrected chi connectivity index (χ4v) is 2.16. The molecule has 0 aliphatic carbocycles. The number of nitro benzene ring substituents is 1. The molecule has 0 saturated carbocycles. The highest BCUT2D eigenvalue weighted by Crippen LogP contribution is 2.25. The van der Waals surface area contributed by atoms with Crippen molar-refractivity contribution in [1.82, 2.24) is 5.48 Å². The van der Waals surface area contributed by atoms with Crippen molar-refractivity contribution in [3.8, 4) is 5.75 Å². The summed E-state index contributed by atoms with van der Waals surface area (Å²) in [6, 6.07) is 11.0. The zero-order valence-electron chi connectivity index (χ0n) is 14.5. The van der Waals surface area contributed by atoms with Gasteiger partial charge in [0, 0.05) is 11.6 Å². The van der Waals surface area contributed by atoms with E-state index < -0.39 is 11.0 Å². The molecule has 9 nitrogen and oxygen atoms in total. The Morgan fingerprint density at radius 1 is 1.30 bits per heavy atom. The molecule has 0 fully saturated rings. The van der Waals surface area contributed by atoms with E-state index in [0.717, 1.165) is 0 Å². The molecule has 27 heavy (non-hydrogen) atoms. The minimum Gasteiger partial charge on any atom is -0.451 e. The van der Waals surface area contributed by atoms with E-state index >= 15 is 0 Å². The first-order valence-corrected chi connectivity index (χ1v) is 7.99. The van der Waals surface area contributed by atoms with E-state index in [2.05, 4.69) is 15.4 Å². The van der Waals surface area contributed by atoms with Crippen molar-refractivity contribution in [2.24, 2.45) is 5.16 Å². The molecule has 1 amide bonds. The number of carbonyl (C=O) groups excluding carboxylic acids is 1. The summed E-state index contributed by atoms with van der Waals surface area (Å²) >= 11 is 6.01. The first-order valence-electron chi connectivity index (χ1n) is 7.62. The van der Waals surface area contributed by atoms with Gasteiger partial charge in [-0.2, -0.15) is 5.48 Å². The zero-order chi connectivity index (χ0) is 19.8. The highest BCUT2D eigenvalue weighted by atomic mass is 35.5. The van der Waals surface area contributed by atoms with Crippen LogP contribution in [0, 0.1) is 10.1 Å². The first-order chi connectivity index (χ1) is 12.9. The third kappa shape index (κ3) is 5.58. The summed E-state index contributed by atoms with van der Waals surface area (Å²) in [7, 11) is 1.20. The standard InChI is InChI=1S/C17H16ClN3O6/c1-11(19-26-10-13-5-3-4-6-15(13)21(23)24)12-7-8-14(18)16(9-12)27-20-17(22)25-2/h3-9H,10H2,1-2H3,(H,20,22). The maximum Gasteiger partial charge on any atom is 0.440 e. The SMILES string of the molecule is COC(=O)NOc1cc(C(C)=NOCc2ccccc2[N+](=O)[O-])ccc1Cl. The highest BCUT2D eigenvalue weighted by molar-refractivity contribution is 6.32. The van der Waals surface area contributed by atoms with E-state index in [1.54, 1.807) is 43.3 Å². The number of nitro groups is 1. The molecule has 10 heteroatoms. The van der Waals surface area contributed by atoms with E-state index in [4.69, 9.17) is 21.3 Å². The molecular weight excluding hydrogens is 378 g/mol. The summed E-state index contributed by atoms with van der Waals surface area (Å²) in [6.45, 7) is 1.62. The molecule has 0 atom stereocenters. The Bertz CT molecular complexity index is 871. The van der Waals surface area contributed by atoms with E-state index in [9.17, 15) is 14.9 Å². The lowest BCUT2D eigenvalue weighted by Crippen LogP contribution is -2.26. The second kappa shape index (κ2) is 9.39. The van der Waals surface area contributed by atoms with Crippen molar-refractivity contribution < 1.29 is 24.1 Å². The number of methoxy groups -OCH3 is 1. The number of nitrogens with one attached hydrogen (secondary N) is 1. The molecule has 1 N–H and O–H groups in total. The fraction of sp³-hybridized carbons (Fsp3) is 0.176. The van der Waals surface area contributed by atoms with Crippen molar-refractivity contribution in [3.63, 3.8) is 0 Å². The number of ether oxygens (including phenoxy) is 1. The van der Waals surface area contributed by atoms with Crippen molar-refractivity contribution in [3.05, 3.63) is 68.7 Å².